The van der Waals surface area contributed by atoms with Crippen molar-refractivity contribution in [2.24, 2.45) is 0 Å². The normalized spacial score (nSPS) is 12.6. The molecule has 0 aliphatic carbocycles. The van der Waals surface area contributed by atoms with E-state index in [1.54, 1.807) is 4.68 Å². The van der Waals surface area contributed by atoms with Crippen LogP contribution in [0.3, 0.4) is 0 Å². The van der Waals surface area contributed by atoms with Gasteiger partial charge in [-0.15, -0.1) is 0 Å². The van der Waals surface area contributed by atoms with Crippen molar-refractivity contribution >= 4 is 11.1 Å². The van der Waals surface area contributed by atoms with Crippen LogP contribution < -0.4 is 0 Å². The van der Waals surface area contributed by atoms with Crippen LogP contribution in [0.1, 0.15) is 0 Å². The van der Waals surface area contributed by atoms with E-state index in [2.05, 4.69) is 5.10 Å². The van der Waals surface area contributed by atoms with Crippen LogP contribution in [-0.2, 0) is 11.1 Å². The fourth-order valence-corrected chi connectivity index (χ4v) is 1.45. The minimum atomic E-state index is -1.97. The van der Waals surface area contributed by atoms with Gasteiger partial charge >= 0.3 is 0 Å². The predicted octanol–water partition coefficient (Wildman–Crippen LogP) is 1.45. The minimum absolute atomic E-state index is 0.300. The standard InChI is InChI=1S/C9H8N2O2S/c12-14(13)9-6-10-11(7-9)8-4-2-1-3-5-8/h1-7H,(H,12,13). The molecular weight excluding hydrogens is 200 g/mol. The monoisotopic (exact) mass is 208 g/mol. The van der Waals surface area contributed by atoms with E-state index in [9.17, 15) is 4.21 Å². The summed E-state index contributed by atoms with van der Waals surface area (Å²) in [6.45, 7) is 0. The average molecular weight is 208 g/mol. The molecule has 0 saturated heterocycles. The van der Waals surface area contributed by atoms with Crippen molar-refractivity contribution in [1.82, 2.24) is 9.78 Å². The highest BCUT2D eigenvalue weighted by molar-refractivity contribution is 7.79. The quantitative estimate of drug-likeness (QED) is 0.760. The van der Waals surface area contributed by atoms with Crippen LogP contribution in [0.2, 0.25) is 0 Å². The molecule has 1 heterocycles. The molecule has 72 valence electrons. The van der Waals surface area contributed by atoms with E-state index in [0.29, 0.717) is 4.90 Å². The molecule has 0 fully saturated rings. The van der Waals surface area contributed by atoms with Crippen LogP contribution in [0.4, 0.5) is 0 Å². The van der Waals surface area contributed by atoms with Gasteiger partial charge in [0, 0.05) is 6.20 Å². The molecule has 0 spiro atoms. The summed E-state index contributed by atoms with van der Waals surface area (Å²) in [5, 5.41) is 3.97. The van der Waals surface area contributed by atoms with Crippen LogP contribution in [-0.4, -0.2) is 18.5 Å². The van der Waals surface area contributed by atoms with Crippen LogP contribution >= 0.6 is 0 Å². The third-order valence-corrected chi connectivity index (χ3v) is 2.40. The van der Waals surface area contributed by atoms with Gasteiger partial charge in [0.15, 0.2) is 11.1 Å². The summed E-state index contributed by atoms with van der Waals surface area (Å²) in [7, 11) is 0. The highest BCUT2D eigenvalue weighted by atomic mass is 32.2. The van der Waals surface area contributed by atoms with Gasteiger partial charge in [-0.05, 0) is 12.1 Å². The molecule has 1 aromatic heterocycles. The number of hydrogen-bond donors (Lipinski definition) is 1. The van der Waals surface area contributed by atoms with Gasteiger partial charge in [-0.2, -0.15) is 5.10 Å². The van der Waals surface area contributed by atoms with Gasteiger partial charge < -0.3 is 4.55 Å². The topological polar surface area (TPSA) is 55.1 Å². The van der Waals surface area contributed by atoms with Crippen molar-refractivity contribution in [1.29, 1.82) is 0 Å². The molecule has 0 aliphatic rings. The molecule has 0 aliphatic heterocycles. The molecule has 1 aromatic carbocycles. The summed E-state index contributed by atoms with van der Waals surface area (Å²) >= 11 is -1.97. The number of rotatable bonds is 2. The van der Waals surface area contributed by atoms with E-state index < -0.39 is 11.1 Å². The van der Waals surface area contributed by atoms with Crippen molar-refractivity contribution in [3.05, 3.63) is 42.7 Å². The lowest BCUT2D eigenvalue weighted by Crippen LogP contribution is -1.92. The lowest BCUT2D eigenvalue weighted by Gasteiger charge is -1.98. The number of benzene rings is 1. The summed E-state index contributed by atoms with van der Waals surface area (Å²) in [5.74, 6) is 0. The molecule has 0 radical (unpaired) electrons. The Kier molecular flexibility index (Phi) is 2.43. The molecule has 1 unspecified atom stereocenters. The first-order valence-electron chi connectivity index (χ1n) is 3.98. The second-order valence-electron chi connectivity index (χ2n) is 2.71. The van der Waals surface area contributed by atoms with Gasteiger partial charge in [0.05, 0.1) is 11.9 Å². The zero-order chi connectivity index (χ0) is 9.97. The van der Waals surface area contributed by atoms with Gasteiger partial charge in [-0.1, -0.05) is 18.2 Å². The fourth-order valence-electron chi connectivity index (χ4n) is 1.12. The van der Waals surface area contributed by atoms with E-state index in [1.165, 1.54) is 12.4 Å². The van der Waals surface area contributed by atoms with Crippen molar-refractivity contribution in [3.8, 4) is 5.69 Å². The first kappa shape index (κ1) is 9.11. The molecular formula is C9H8N2O2S. The molecule has 1 N–H and O–H groups in total. The zero-order valence-electron chi connectivity index (χ0n) is 7.20. The van der Waals surface area contributed by atoms with Crippen molar-refractivity contribution in [2.75, 3.05) is 0 Å². The predicted molar refractivity (Wildman–Crippen MR) is 52.6 cm³/mol. The molecule has 0 bridgehead atoms. The number of nitrogens with zero attached hydrogens (tertiary/aromatic N) is 2. The summed E-state index contributed by atoms with van der Waals surface area (Å²) in [4.78, 5) is 0.300. The van der Waals surface area contributed by atoms with Crippen molar-refractivity contribution in [3.63, 3.8) is 0 Å². The van der Waals surface area contributed by atoms with E-state index in [-0.39, 0.29) is 0 Å². The van der Waals surface area contributed by atoms with E-state index >= 15 is 0 Å². The SMILES string of the molecule is O=S(O)c1cnn(-c2ccccc2)c1. The Balaban J connectivity index is 2.39. The van der Waals surface area contributed by atoms with Crippen LogP contribution in [0.25, 0.3) is 5.69 Å². The number of hydrogen-bond acceptors (Lipinski definition) is 2. The molecule has 2 rings (SSSR count). The Bertz CT molecular complexity index is 453. The summed E-state index contributed by atoms with van der Waals surface area (Å²) < 4.78 is 21.1. The second kappa shape index (κ2) is 3.73. The molecule has 2 aromatic rings. The molecule has 0 amide bonds. The Hall–Kier alpha value is -1.46. The Labute approximate surface area is 83.5 Å². The smallest absolute Gasteiger partial charge is 0.189 e. The third-order valence-electron chi connectivity index (χ3n) is 1.78. The summed E-state index contributed by atoms with van der Waals surface area (Å²) in [5.41, 5.74) is 0.865. The van der Waals surface area contributed by atoms with Gasteiger partial charge in [0.1, 0.15) is 4.90 Å². The van der Waals surface area contributed by atoms with Gasteiger partial charge in [-0.3, -0.25) is 0 Å². The van der Waals surface area contributed by atoms with E-state index in [4.69, 9.17) is 4.55 Å². The Morgan fingerprint density at radius 2 is 2.00 bits per heavy atom. The lowest BCUT2D eigenvalue weighted by molar-refractivity contribution is 0.564. The van der Waals surface area contributed by atoms with Gasteiger partial charge in [0.25, 0.3) is 0 Å². The maximum absolute atomic E-state index is 10.7. The van der Waals surface area contributed by atoms with E-state index in [1.807, 2.05) is 30.3 Å². The third kappa shape index (κ3) is 1.73. The first-order chi connectivity index (χ1) is 6.77. The zero-order valence-corrected chi connectivity index (χ0v) is 8.02. The highest BCUT2D eigenvalue weighted by Crippen LogP contribution is 2.09. The molecule has 0 saturated carbocycles. The maximum Gasteiger partial charge on any atom is 0.189 e. The molecule has 14 heavy (non-hydrogen) atoms. The highest BCUT2D eigenvalue weighted by Gasteiger charge is 2.04. The van der Waals surface area contributed by atoms with Crippen LogP contribution in [0, 0.1) is 0 Å². The summed E-state index contributed by atoms with van der Waals surface area (Å²) in [6.07, 6.45) is 2.91. The summed E-state index contributed by atoms with van der Waals surface area (Å²) in [6, 6.07) is 9.41. The van der Waals surface area contributed by atoms with Gasteiger partial charge in [0.2, 0.25) is 0 Å². The average Bonchev–Trinajstić information content (AvgIpc) is 2.68. The van der Waals surface area contributed by atoms with Crippen LogP contribution in [0.5, 0.6) is 0 Å². The first-order valence-corrected chi connectivity index (χ1v) is 5.09. The van der Waals surface area contributed by atoms with Gasteiger partial charge in [-0.25, -0.2) is 8.89 Å². The van der Waals surface area contributed by atoms with Crippen molar-refractivity contribution < 1.29 is 8.76 Å². The maximum atomic E-state index is 10.7. The lowest BCUT2D eigenvalue weighted by atomic mass is 10.3. The molecule has 1 atom stereocenters. The molecule has 4 nitrogen and oxygen atoms in total. The fraction of sp³-hybridized carbons (Fsp3) is 0. The Morgan fingerprint density at radius 1 is 1.29 bits per heavy atom. The largest absolute Gasteiger partial charge is 0.302 e. The second-order valence-corrected chi connectivity index (χ2v) is 3.68. The van der Waals surface area contributed by atoms with E-state index in [0.717, 1.165) is 5.69 Å². The minimum Gasteiger partial charge on any atom is -0.302 e. The van der Waals surface area contributed by atoms with Crippen LogP contribution in [0.15, 0.2) is 47.6 Å². The number of aromatic nitrogens is 2. The Morgan fingerprint density at radius 3 is 2.57 bits per heavy atom. The van der Waals surface area contributed by atoms with Crippen molar-refractivity contribution in [2.45, 2.75) is 4.90 Å². The molecule has 5 heteroatoms. The number of para-hydroxylation sites is 1.